The predicted molar refractivity (Wildman–Crippen MR) is 128 cm³/mol. The minimum atomic E-state index is -1.17. The molecule has 0 aliphatic carbocycles. The fraction of sp³-hybridized carbons (Fsp3) is 0.115. The third kappa shape index (κ3) is 5.50. The highest BCUT2D eigenvalue weighted by molar-refractivity contribution is 6.38. The van der Waals surface area contributed by atoms with Crippen LogP contribution >= 0.6 is 0 Å². The second kappa shape index (κ2) is 11.2. The van der Waals surface area contributed by atoms with Crippen molar-refractivity contribution in [3.8, 4) is 17.1 Å². The molecule has 2 aromatic heterocycles. The van der Waals surface area contributed by atoms with E-state index in [1.165, 1.54) is 30.1 Å². The van der Waals surface area contributed by atoms with Crippen LogP contribution in [0.25, 0.3) is 17.1 Å². The Hall–Kier alpha value is -4.70. The molecule has 0 saturated carbocycles. The standard InChI is InChI=1S/C26H22FN5O4/c1-36-31-26(35)23(33)22(16-17-8-3-2-4-9-17)29-25(34)19-11-7-14-28-24(19)32-15-13-21(30-32)18-10-5-6-12-20(18)27/h2-15,22H,16H2,1H3,(H,29,34)(H,31,35)/t22-/m1/s1. The molecule has 4 rings (SSSR count). The molecule has 2 amide bonds. The number of hydroxylamine groups is 1. The van der Waals surface area contributed by atoms with Crippen LogP contribution in [0, 0.1) is 5.82 Å². The lowest BCUT2D eigenvalue weighted by molar-refractivity contribution is -0.145. The predicted octanol–water partition coefficient (Wildman–Crippen LogP) is 2.66. The van der Waals surface area contributed by atoms with Gasteiger partial charge in [0.2, 0.25) is 5.78 Å². The Labute approximate surface area is 205 Å². The van der Waals surface area contributed by atoms with Crippen LogP contribution in [0.4, 0.5) is 4.39 Å². The van der Waals surface area contributed by atoms with Crippen LogP contribution in [0.1, 0.15) is 15.9 Å². The number of hydrogen-bond donors (Lipinski definition) is 2. The van der Waals surface area contributed by atoms with E-state index in [2.05, 4.69) is 20.2 Å². The Morgan fingerprint density at radius 2 is 1.75 bits per heavy atom. The van der Waals surface area contributed by atoms with Gasteiger partial charge in [-0.05, 0) is 35.9 Å². The highest BCUT2D eigenvalue weighted by Crippen LogP contribution is 2.22. The average molecular weight is 487 g/mol. The number of Topliss-reactive ketones (excluding diaryl/α,β-unsaturated/α-hetero) is 1. The molecule has 0 radical (unpaired) electrons. The summed E-state index contributed by atoms with van der Waals surface area (Å²) in [7, 11) is 1.21. The molecule has 9 nitrogen and oxygen atoms in total. The van der Waals surface area contributed by atoms with Crippen molar-refractivity contribution in [2.75, 3.05) is 7.11 Å². The molecule has 2 aromatic carbocycles. The largest absolute Gasteiger partial charge is 0.341 e. The van der Waals surface area contributed by atoms with Crippen molar-refractivity contribution in [3.63, 3.8) is 0 Å². The van der Waals surface area contributed by atoms with Gasteiger partial charge >= 0.3 is 5.91 Å². The molecule has 0 aliphatic rings. The van der Waals surface area contributed by atoms with Crippen molar-refractivity contribution >= 4 is 17.6 Å². The summed E-state index contributed by atoms with van der Waals surface area (Å²) < 4.78 is 15.6. The van der Waals surface area contributed by atoms with Crippen LogP contribution in [-0.2, 0) is 20.8 Å². The first-order valence-electron chi connectivity index (χ1n) is 11.0. The lowest BCUT2D eigenvalue weighted by Gasteiger charge is -2.18. The first-order valence-corrected chi connectivity index (χ1v) is 11.0. The van der Waals surface area contributed by atoms with Crippen molar-refractivity contribution in [2.45, 2.75) is 12.5 Å². The summed E-state index contributed by atoms with van der Waals surface area (Å²) in [4.78, 5) is 47.0. The van der Waals surface area contributed by atoms with Crippen LogP contribution in [0.5, 0.6) is 0 Å². The summed E-state index contributed by atoms with van der Waals surface area (Å²) in [6.07, 6.45) is 3.12. The maximum Gasteiger partial charge on any atom is 0.313 e. The summed E-state index contributed by atoms with van der Waals surface area (Å²) in [5.74, 6) is -2.77. The van der Waals surface area contributed by atoms with Gasteiger partial charge in [0.15, 0.2) is 5.82 Å². The summed E-state index contributed by atoms with van der Waals surface area (Å²) in [6, 6.07) is 18.7. The lowest BCUT2D eigenvalue weighted by atomic mass is 10.0. The smallest absolute Gasteiger partial charge is 0.313 e. The van der Waals surface area contributed by atoms with Gasteiger partial charge in [-0.1, -0.05) is 42.5 Å². The first-order chi connectivity index (χ1) is 17.5. The van der Waals surface area contributed by atoms with Crippen molar-refractivity contribution < 1.29 is 23.6 Å². The van der Waals surface area contributed by atoms with Gasteiger partial charge in [-0.15, -0.1) is 0 Å². The highest BCUT2D eigenvalue weighted by Gasteiger charge is 2.29. The van der Waals surface area contributed by atoms with Crippen molar-refractivity contribution in [1.82, 2.24) is 25.6 Å². The topological polar surface area (TPSA) is 115 Å². The number of nitrogens with one attached hydrogen (secondary N) is 2. The Morgan fingerprint density at radius 1 is 1.00 bits per heavy atom. The van der Waals surface area contributed by atoms with E-state index in [1.54, 1.807) is 60.8 Å². The number of ketones is 1. The maximum atomic E-state index is 14.2. The average Bonchev–Trinajstić information content (AvgIpc) is 3.39. The number of halogens is 1. The van der Waals surface area contributed by atoms with Crippen LogP contribution in [0.3, 0.4) is 0 Å². The Morgan fingerprint density at radius 3 is 2.50 bits per heavy atom. The molecule has 0 saturated heterocycles. The van der Waals surface area contributed by atoms with Gasteiger partial charge < -0.3 is 5.32 Å². The summed E-state index contributed by atoms with van der Waals surface area (Å²) in [5.41, 5.74) is 3.50. The molecule has 36 heavy (non-hydrogen) atoms. The summed E-state index contributed by atoms with van der Waals surface area (Å²) in [6.45, 7) is 0. The molecule has 10 heteroatoms. The molecule has 2 N–H and O–H groups in total. The molecule has 2 heterocycles. The number of carbonyl (C=O) groups excluding carboxylic acids is 3. The van der Waals surface area contributed by atoms with E-state index in [0.717, 1.165) is 5.56 Å². The Bertz CT molecular complexity index is 1390. The fourth-order valence-corrected chi connectivity index (χ4v) is 3.61. The molecule has 0 fully saturated rings. The Kier molecular flexibility index (Phi) is 7.57. The van der Waals surface area contributed by atoms with Gasteiger partial charge in [-0.2, -0.15) is 5.10 Å². The second-order valence-corrected chi connectivity index (χ2v) is 7.72. The van der Waals surface area contributed by atoms with Gasteiger partial charge in [0.05, 0.1) is 18.4 Å². The van der Waals surface area contributed by atoms with E-state index in [1.807, 2.05) is 11.5 Å². The molecule has 1 atom stereocenters. The highest BCUT2D eigenvalue weighted by atomic mass is 19.1. The quantitative estimate of drug-likeness (QED) is 0.277. The van der Waals surface area contributed by atoms with Gasteiger partial charge in [-0.25, -0.2) is 19.5 Å². The van der Waals surface area contributed by atoms with Gasteiger partial charge in [0.25, 0.3) is 5.91 Å². The number of hydrogen-bond acceptors (Lipinski definition) is 6. The molecule has 0 aliphatic heterocycles. The molecular weight excluding hydrogens is 465 g/mol. The van der Waals surface area contributed by atoms with E-state index in [-0.39, 0.29) is 17.8 Å². The van der Waals surface area contributed by atoms with E-state index in [4.69, 9.17) is 0 Å². The molecule has 0 bridgehead atoms. The number of nitrogens with zero attached hydrogens (tertiary/aromatic N) is 3. The number of aromatic nitrogens is 3. The zero-order chi connectivity index (χ0) is 25.5. The van der Waals surface area contributed by atoms with Gasteiger partial charge in [0, 0.05) is 24.4 Å². The van der Waals surface area contributed by atoms with Crippen LogP contribution in [0.2, 0.25) is 0 Å². The third-order valence-corrected chi connectivity index (χ3v) is 5.31. The van der Waals surface area contributed by atoms with Crippen molar-refractivity contribution in [3.05, 3.63) is 102 Å². The summed E-state index contributed by atoms with van der Waals surface area (Å²) >= 11 is 0. The van der Waals surface area contributed by atoms with E-state index in [9.17, 15) is 18.8 Å². The number of amides is 2. The second-order valence-electron chi connectivity index (χ2n) is 7.72. The monoisotopic (exact) mass is 487 g/mol. The normalized spacial score (nSPS) is 11.5. The van der Waals surface area contributed by atoms with Crippen LogP contribution < -0.4 is 10.8 Å². The van der Waals surface area contributed by atoms with Gasteiger partial charge in [0.1, 0.15) is 11.9 Å². The SMILES string of the molecule is CONC(=O)C(=O)[C@@H](Cc1ccccc1)NC(=O)c1cccnc1-n1ccc(-c2ccccc2F)n1. The fourth-order valence-electron chi connectivity index (χ4n) is 3.61. The number of benzene rings is 2. The van der Waals surface area contributed by atoms with E-state index >= 15 is 0 Å². The zero-order valence-electron chi connectivity index (χ0n) is 19.2. The third-order valence-electron chi connectivity index (χ3n) is 5.31. The number of pyridine rings is 1. The summed E-state index contributed by atoms with van der Waals surface area (Å²) in [5, 5.41) is 7.01. The molecule has 0 spiro atoms. The number of rotatable bonds is 9. The zero-order valence-corrected chi connectivity index (χ0v) is 19.2. The van der Waals surface area contributed by atoms with Crippen LogP contribution in [0.15, 0.2) is 85.2 Å². The molecule has 4 aromatic rings. The lowest BCUT2D eigenvalue weighted by Crippen LogP contribution is -2.48. The maximum absolute atomic E-state index is 14.2. The van der Waals surface area contributed by atoms with Crippen LogP contribution in [-0.4, -0.2) is 45.5 Å². The minimum absolute atomic E-state index is 0.0807. The van der Waals surface area contributed by atoms with Crippen molar-refractivity contribution in [1.29, 1.82) is 0 Å². The van der Waals surface area contributed by atoms with Gasteiger partial charge in [-0.3, -0.25) is 19.2 Å². The first kappa shape index (κ1) is 24.4. The number of carbonyl (C=O) groups is 3. The van der Waals surface area contributed by atoms with E-state index in [0.29, 0.717) is 11.3 Å². The van der Waals surface area contributed by atoms with E-state index < -0.39 is 29.5 Å². The molecule has 0 unspecified atom stereocenters. The minimum Gasteiger partial charge on any atom is -0.341 e. The molecule has 182 valence electrons. The Balaban J connectivity index is 1.62. The molecular formula is C26H22FN5O4. The van der Waals surface area contributed by atoms with Crippen molar-refractivity contribution in [2.24, 2.45) is 0 Å².